The number of rotatable bonds is 3. The Labute approximate surface area is 159 Å². The molecule has 0 radical (unpaired) electrons. The van der Waals surface area contributed by atoms with E-state index in [4.69, 9.17) is 4.74 Å². The van der Waals surface area contributed by atoms with Gasteiger partial charge >= 0.3 is 0 Å². The van der Waals surface area contributed by atoms with Gasteiger partial charge in [0.05, 0.1) is 7.14 Å². The Morgan fingerprint density at radius 2 is 1.90 bits per heavy atom. The van der Waals surface area contributed by atoms with Crippen LogP contribution in [-0.4, -0.2) is 43.6 Å². The first-order chi connectivity index (χ1) is 9.58. The summed E-state index contributed by atoms with van der Waals surface area (Å²) >= 11 is 6.78. The van der Waals surface area contributed by atoms with Crippen molar-refractivity contribution in [2.24, 2.45) is 0 Å². The molecule has 1 amide bonds. The molecule has 1 heterocycles. The smallest absolute Gasteiger partial charge is 0.260 e. The van der Waals surface area contributed by atoms with E-state index in [0.29, 0.717) is 0 Å². The molecule has 0 atom stereocenters. The molecule has 0 saturated carbocycles. The Morgan fingerprint density at radius 1 is 1.20 bits per heavy atom. The van der Waals surface area contributed by atoms with Gasteiger partial charge in [0, 0.05) is 23.2 Å². The van der Waals surface area contributed by atoms with E-state index in [1.54, 1.807) is 0 Å². The highest BCUT2D eigenvalue weighted by Crippen LogP contribution is 2.29. The van der Waals surface area contributed by atoms with Crippen molar-refractivity contribution in [1.82, 2.24) is 10.2 Å². The lowest BCUT2D eigenvalue weighted by Gasteiger charge is -2.20. The minimum Gasteiger partial charge on any atom is -0.482 e. The lowest BCUT2D eigenvalue weighted by molar-refractivity contribution is -0.133. The maximum atomic E-state index is 12.2. The van der Waals surface area contributed by atoms with E-state index < -0.39 is 0 Å². The number of carbonyl (C=O) groups is 1. The third-order valence-electron chi connectivity index (χ3n) is 3.00. The highest BCUT2D eigenvalue weighted by molar-refractivity contribution is 14.1. The number of halogens is 3. The Bertz CT molecular complexity index is 465. The molecule has 1 aromatic carbocycles. The lowest BCUT2D eigenvalue weighted by Crippen LogP contribution is -2.37. The second kappa shape index (κ2) is 8.32. The van der Waals surface area contributed by atoms with E-state index in [9.17, 15) is 4.79 Å². The second-order valence-electron chi connectivity index (χ2n) is 4.47. The third-order valence-corrected chi connectivity index (χ3v) is 5.22. The van der Waals surface area contributed by atoms with Gasteiger partial charge in [0.25, 0.3) is 5.91 Å². The van der Waals surface area contributed by atoms with Gasteiger partial charge in [-0.05, 0) is 92.9 Å². The quantitative estimate of drug-likeness (QED) is 0.535. The largest absolute Gasteiger partial charge is 0.482 e. The van der Waals surface area contributed by atoms with Gasteiger partial charge in [-0.2, -0.15) is 0 Å². The van der Waals surface area contributed by atoms with Gasteiger partial charge in [-0.3, -0.25) is 4.79 Å². The molecule has 0 bridgehead atoms. The molecular weight excluding hydrogens is 597 g/mol. The first kappa shape index (κ1) is 17.0. The summed E-state index contributed by atoms with van der Waals surface area (Å²) in [5.74, 6) is 0.881. The monoisotopic (exact) mass is 612 g/mol. The zero-order valence-electron chi connectivity index (χ0n) is 10.8. The van der Waals surface area contributed by atoms with E-state index in [2.05, 4.69) is 85.2 Å². The second-order valence-corrected chi connectivity index (χ2v) is 8.04. The maximum absolute atomic E-state index is 12.2. The first-order valence-corrected chi connectivity index (χ1v) is 9.57. The molecule has 0 unspecified atom stereocenters. The minimum atomic E-state index is 0.0684. The fourth-order valence-corrected chi connectivity index (χ4v) is 5.88. The minimum absolute atomic E-state index is 0.0684. The molecule has 0 aromatic heterocycles. The summed E-state index contributed by atoms with van der Waals surface area (Å²) in [5, 5.41) is 3.29. The molecule has 1 saturated heterocycles. The van der Waals surface area contributed by atoms with E-state index in [-0.39, 0.29) is 12.5 Å². The number of hydrogen-bond donors (Lipinski definition) is 1. The van der Waals surface area contributed by atoms with Crippen LogP contribution in [0, 0.1) is 10.7 Å². The van der Waals surface area contributed by atoms with E-state index in [0.717, 1.165) is 45.5 Å². The van der Waals surface area contributed by atoms with E-state index in [1.165, 1.54) is 3.57 Å². The number of nitrogens with one attached hydrogen (secondary N) is 1. The summed E-state index contributed by atoms with van der Waals surface area (Å²) in [6, 6.07) is 4.11. The molecule has 110 valence electrons. The van der Waals surface area contributed by atoms with Gasteiger partial charge in [-0.1, -0.05) is 0 Å². The van der Waals surface area contributed by atoms with Crippen LogP contribution in [0.5, 0.6) is 5.75 Å². The average Bonchev–Trinajstić information content (AvgIpc) is 2.66. The topological polar surface area (TPSA) is 41.6 Å². The van der Waals surface area contributed by atoms with Crippen LogP contribution in [0.1, 0.15) is 6.42 Å². The van der Waals surface area contributed by atoms with Crippen LogP contribution in [0.4, 0.5) is 0 Å². The van der Waals surface area contributed by atoms with Crippen LogP contribution in [0.3, 0.4) is 0 Å². The van der Waals surface area contributed by atoms with Crippen molar-refractivity contribution in [3.8, 4) is 5.75 Å². The Hall–Kier alpha value is 0.640. The molecule has 4 nitrogen and oxygen atoms in total. The summed E-state index contributed by atoms with van der Waals surface area (Å²) in [6.45, 7) is 3.55. The zero-order chi connectivity index (χ0) is 14.5. The van der Waals surface area contributed by atoms with E-state index >= 15 is 0 Å². The fraction of sp³-hybridized carbons (Fsp3) is 0.462. The zero-order valence-corrected chi connectivity index (χ0v) is 17.3. The predicted octanol–water partition coefficient (Wildman–Crippen LogP) is 2.70. The first-order valence-electron chi connectivity index (χ1n) is 6.34. The van der Waals surface area contributed by atoms with Crippen LogP contribution in [0.2, 0.25) is 0 Å². The van der Waals surface area contributed by atoms with Crippen LogP contribution in [0.25, 0.3) is 0 Å². The lowest BCUT2D eigenvalue weighted by atomic mass is 10.3. The van der Waals surface area contributed by atoms with Gasteiger partial charge < -0.3 is 15.0 Å². The van der Waals surface area contributed by atoms with Gasteiger partial charge in [0.1, 0.15) is 5.75 Å². The Morgan fingerprint density at radius 3 is 2.60 bits per heavy atom. The van der Waals surface area contributed by atoms with Crippen LogP contribution in [-0.2, 0) is 4.79 Å². The molecule has 1 aliphatic heterocycles. The van der Waals surface area contributed by atoms with Gasteiger partial charge in [0.15, 0.2) is 6.61 Å². The highest BCUT2D eigenvalue weighted by Gasteiger charge is 2.17. The Kier molecular flexibility index (Phi) is 7.07. The molecule has 1 N–H and O–H groups in total. The van der Waals surface area contributed by atoms with Crippen LogP contribution in [0.15, 0.2) is 12.1 Å². The van der Waals surface area contributed by atoms with Crippen molar-refractivity contribution in [1.29, 1.82) is 0 Å². The van der Waals surface area contributed by atoms with Gasteiger partial charge in [-0.15, -0.1) is 0 Å². The summed E-state index contributed by atoms with van der Waals surface area (Å²) in [5.41, 5.74) is 0. The molecule has 0 spiro atoms. The fourth-order valence-electron chi connectivity index (χ4n) is 1.99. The van der Waals surface area contributed by atoms with Crippen molar-refractivity contribution < 1.29 is 9.53 Å². The SMILES string of the molecule is O=C(COc1c(I)cc(I)cc1I)N1CCCNCC1. The van der Waals surface area contributed by atoms with Crippen molar-refractivity contribution in [2.45, 2.75) is 6.42 Å². The summed E-state index contributed by atoms with van der Waals surface area (Å²) in [4.78, 5) is 14.1. The number of ether oxygens (including phenoxy) is 1. The van der Waals surface area contributed by atoms with E-state index in [1.807, 2.05) is 4.90 Å². The molecule has 1 aliphatic rings. The number of amides is 1. The number of benzene rings is 1. The Balaban J connectivity index is 1.96. The van der Waals surface area contributed by atoms with Crippen LogP contribution < -0.4 is 10.1 Å². The van der Waals surface area contributed by atoms with Crippen molar-refractivity contribution in [2.75, 3.05) is 32.8 Å². The van der Waals surface area contributed by atoms with Crippen LogP contribution >= 0.6 is 67.8 Å². The highest BCUT2D eigenvalue weighted by atomic mass is 127. The summed E-state index contributed by atoms with van der Waals surface area (Å²) < 4.78 is 9.01. The third kappa shape index (κ3) is 4.83. The molecule has 1 fully saturated rings. The molecule has 7 heteroatoms. The van der Waals surface area contributed by atoms with Crippen molar-refractivity contribution in [3.63, 3.8) is 0 Å². The molecule has 1 aromatic rings. The summed E-state index contributed by atoms with van der Waals surface area (Å²) in [7, 11) is 0. The van der Waals surface area contributed by atoms with Gasteiger partial charge in [-0.25, -0.2) is 0 Å². The van der Waals surface area contributed by atoms with Crippen molar-refractivity contribution in [3.05, 3.63) is 22.8 Å². The maximum Gasteiger partial charge on any atom is 0.260 e. The standard InChI is InChI=1S/C13H15I3N2O2/c14-9-6-10(15)13(11(16)7-9)20-8-12(19)18-4-1-2-17-3-5-18/h6-7,17H,1-5,8H2. The average molecular weight is 612 g/mol. The normalized spacial score (nSPS) is 15.8. The predicted molar refractivity (Wildman–Crippen MR) is 104 cm³/mol. The number of nitrogens with zero attached hydrogens (tertiary/aromatic N) is 1. The number of carbonyl (C=O) groups excluding carboxylic acids is 1. The molecule has 2 rings (SSSR count). The number of hydrogen-bond acceptors (Lipinski definition) is 3. The van der Waals surface area contributed by atoms with Gasteiger partial charge in [0.2, 0.25) is 0 Å². The van der Waals surface area contributed by atoms with Crippen molar-refractivity contribution >= 4 is 73.7 Å². The molecular formula is C13H15I3N2O2. The summed E-state index contributed by atoms with van der Waals surface area (Å²) in [6.07, 6.45) is 1.00. The molecule has 20 heavy (non-hydrogen) atoms. The molecule has 0 aliphatic carbocycles.